The zero-order valence-corrected chi connectivity index (χ0v) is 8.85. The van der Waals surface area contributed by atoms with Gasteiger partial charge in [-0.1, -0.05) is 20.4 Å². The third-order valence-corrected chi connectivity index (χ3v) is 2.86. The van der Waals surface area contributed by atoms with Crippen molar-refractivity contribution in [3.05, 3.63) is 12.3 Å². The second-order valence-electron chi connectivity index (χ2n) is 4.92. The predicted octanol–water partition coefficient (Wildman–Crippen LogP) is 3.03. The Labute approximate surface area is 76.5 Å². The molecule has 0 radical (unpaired) electrons. The normalized spacial score (nSPS) is 28.7. The number of likely N-dealkylation sites (tertiary alicyclic amines) is 1. The van der Waals surface area contributed by atoms with Gasteiger partial charge in [0.25, 0.3) is 0 Å². The zero-order chi connectivity index (χ0) is 9.35. The van der Waals surface area contributed by atoms with Crippen molar-refractivity contribution in [2.24, 2.45) is 5.41 Å². The maximum atomic E-state index is 4.02. The number of piperidine rings is 1. The summed E-state index contributed by atoms with van der Waals surface area (Å²) in [4.78, 5) is 2.43. The van der Waals surface area contributed by atoms with E-state index < -0.39 is 0 Å². The number of nitrogens with zero attached hydrogens (tertiary/aromatic N) is 1. The molecule has 1 atom stereocenters. The second kappa shape index (κ2) is 3.12. The average molecular weight is 167 g/mol. The molecule has 1 unspecified atom stereocenters. The van der Waals surface area contributed by atoms with E-state index in [2.05, 4.69) is 39.2 Å². The van der Waals surface area contributed by atoms with E-state index in [0.717, 1.165) is 0 Å². The monoisotopic (exact) mass is 167 g/mol. The molecule has 0 spiro atoms. The molecule has 0 saturated carbocycles. The van der Waals surface area contributed by atoms with Crippen LogP contribution in [0, 0.1) is 5.41 Å². The lowest BCUT2D eigenvalue weighted by Gasteiger charge is -2.44. The molecule has 0 bridgehead atoms. The van der Waals surface area contributed by atoms with Crippen LogP contribution in [0.15, 0.2) is 12.3 Å². The van der Waals surface area contributed by atoms with Crippen LogP contribution in [0.25, 0.3) is 0 Å². The largest absolute Gasteiger partial charge is 0.372 e. The van der Waals surface area contributed by atoms with Crippen molar-refractivity contribution in [3.63, 3.8) is 0 Å². The maximum Gasteiger partial charge on any atom is 0.0258 e. The molecule has 1 fully saturated rings. The molecule has 12 heavy (non-hydrogen) atoms. The van der Waals surface area contributed by atoms with Gasteiger partial charge in [-0.05, 0) is 32.1 Å². The molecule has 0 aliphatic carbocycles. The van der Waals surface area contributed by atoms with E-state index in [4.69, 9.17) is 0 Å². The van der Waals surface area contributed by atoms with Crippen LogP contribution in [-0.4, -0.2) is 17.5 Å². The Morgan fingerprint density at radius 1 is 1.50 bits per heavy atom. The Balaban J connectivity index is 2.66. The maximum absolute atomic E-state index is 4.02. The fraction of sp³-hybridized carbons (Fsp3) is 0.818. The van der Waals surface area contributed by atoms with E-state index >= 15 is 0 Å². The Morgan fingerprint density at radius 3 is 2.50 bits per heavy atom. The van der Waals surface area contributed by atoms with Gasteiger partial charge in [-0.3, -0.25) is 0 Å². The minimum absolute atomic E-state index is 0.478. The summed E-state index contributed by atoms with van der Waals surface area (Å²) in [7, 11) is 0. The highest BCUT2D eigenvalue weighted by atomic mass is 15.2. The first-order valence-electron chi connectivity index (χ1n) is 4.84. The molecule has 0 aromatic heterocycles. The molecular weight excluding hydrogens is 146 g/mol. The number of hydrogen-bond donors (Lipinski definition) is 0. The summed E-state index contributed by atoms with van der Waals surface area (Å²) in [5.74, 6) is 0. The van der Waals surface area contributed by atoms with Gasteiger partial charge in [0.15, 0.2) is 0 Å². The van der Waals surface area contributed by atoms with Gasteiger partial charge in [0, 0.05) is 18.3 Å². The van der Waals surface area contributed by atoms with Crippen molar-refractivity contribution in [1.82, 2.24) is 4.90 Å². The Morgan fingerprint density at radius 2 is 2.08 bits per heavy atom. The van der Waals surface area contributed by atoms with Crippen molar-refractivity contribution in [2.75, 3.05) is 6.54 Å². The van der Waals surface area contributed by atoms with Crippen molar-refractivity contribution in [1.29, 1.82) is 0 Å². The average Bonchev–Trinajstić information content (AvgIpc) is 1.94. The molecule has 1 rings (SSSR count). The third kappa shape index (κ3) is 2.02. The van der Waals surface area contributed by atoms with Gasteiger partial charge in [0.05, 0.1) is 0 Å². The first-order chi connectivity index (χ1) is 5.42. The fourth-order valence-corrected chi connectivity index (χ4v) is 1.96. The molecule has 0 amide bonds. The molecule has 70 valence electrons. The molecule has 1 nitrogen and oxygen atoms in total. The number of hydrogen-bond acceptors (Lipinski definition) is 1. The highest BCUT2D eigenvalue weighted by Gasteiger charge is 2.30. The third-order valence-electron chi connectivity index (χ3n) is 2.86. The smallest absolute Gasteiger partial charge is 0.0258 e. The van der Waals surface area contributed by atoms with Crippen LogP contribution in [0.3, 0.4) is 0 Å². The van der Waals surface area contributed by atoms with E-state index in [-0.39, 0.29) is 0 Å². The van der Waals surface area contributed by atoms with E-state index in [1.807, 2.05) is 0 Å². The Kier molecular flexibility index (Phi) is 2.50. The van der Waals surface area contributed by atoms with Crippen LogP contribution in [0.1, 0.15) is 40.5 Å². The standard InChI is InChI=1S/C11H21N/c1-9(2)12-8-11(4,5)7-6-10(12)3/h10H,1,6-8H2,2-5H3. The van der Waals surface area contributed by atoms with Gasteiger partial charge < -0.3 is 4.90 Å². The van der Waals surface area contributed by atoms with E-state index in [1.165, 1.54) is 25.1 Å². The van der Waals surface area contributed by atoms with Crippen LogP contribution < -0.4 is 0 Å². The van der Waals surface area contributed by atoms with Crippen molar-refractivity contribution in [3.8, 4) is 0 Å². The van der Waals surface area contributed by atoms with Crippen LogP contribution in [-0.2, 0) is 0 Å². The van der Waals surface area contributed by atoms with Gasteiger partial charge in [-0.15, -0.1) is 0 Å². The fourth-order valence-electron chi connectivity index (χ4n) is 1.96. The van der Waals surface area contributed by atoms with Gasteiger partial charge in [-0.25, -0.2) is 0 Å². The Bertz CT molecular complexity index is 181. The molecular formula is C11H21N. The lowest BCUT2D eigenvalue weighted by atomic mass is 9.81. The highest BCUT2D eigenvalue weighted by molar-refractivity contribution is 4.97. The zero-order valence-electron chi connectivity index (χ0n) is 8.85. The van der Waals surface area contributed by atoms with Crippen LogP contribution in [0.5, 0.6) is 0 Å². The summed E-state index contributed by atoms with van der Waals surface area (Å²) >= 11 is 0. The van der Waals surface area contributed by atoms with E-state index in [9.17, 15) is 0 Å². The molecule has 1 aliphatic heterocycles. The van der Waals surface area contributed by atoms with Gasteiger partial charge >= 0.3 is 0 Å². The van der Waals surface area contributed by atoms with Crippen LogP contribution >= 0.6 is 0 Å². The summed E-state index contributed by atoms with van der Waals surface area (Å²) in [5, 5.41) is 0. The highest BCUT2D eigenvalue weighted by Crippen LogP contribution is 2.33. The van der Waals surface area contributed by atoms with Crippen LogP contribution in [0.2, 0.25) is 0 Å². The van der Waals surface area contributed by atoms with Crippen LogP contribution in [0.4, 0.5) is 0 Å². The molecule has 1 aliphatic rings. The predicted molar refractivity (Wildman–Crippen MR) is 54.0 cm³/mol. The summed E-state index contributed by atoms with van der Waals surface area (Å²) < 4.78 is 0. The van der Waals surface area contributed by atoms with Gasteiger partial charge in [0.2, 0.25) is 0 Å². The minimum atomic E-state index is 0.478. The summed E-state index contributed by atoms with van der Waals surface area (Å²) in [6.07, 6.45) is 2.65. The summed E-state index contributed by atoms with van der Waals surface area (Å²) in [6.45, 7) is 14.3. The quantitative estimate of drug-likeness (QED) is 0.580. The minimum Gasteiger partial charge on any atom is -0.372 e. The van der Waals surface area contributed by atoms with Crippen molar-refractivity contribution < 1.29 is 0 Å². The molecule has 0 N–H and O–H groups in total. The molecule has 0 aromatic carbocycles. The summed E-state index contributed by atoms with van der Waals surface area (Å²) in [5.41, 5.74) is 1.70. The van der Waals surface area contributed by atoms with Gasteiger partial charge in [-0.2, -0.15) is 0 Å². The van der Waals surface area contributed by atoms with Crippen molar-refractivity contribution >= 4 is 0 Å². The van der Waals surface area contributed by atoms with Gasteiger partial charge in [0.1, 0.15) is 0 Å². The molecule has 1 heteroatoms. The first kappa shape index (κ1) is 9.63. The number of allylic oxidation sites excluding steroid dienone is 1. The SMILES string of the molecule is C=C(C)N1CC(C)(C)CCC1C. The van der Waals surface area contributed by atoms with Crippen molar-refractivity contribution in [2.45, 2.75) is 46.6 Å². The summed E-state index contributed by atoms with van der Waals surface area (Å²) in [6, 6.07) is 0.690. The lowest BCUT2D eigenvalue weighted by molar-refractivity contribution is 0.103. The second-order valence-corrected chi connectivity index (χ2v) is 4.92. The number of rotatable bonds is 1. The molecule has 0 aromatic rings. The van der Waals surface area contributed by atoms with E-state index in [0.29, 0.717) is 11.5 Å². The first-order valence-corrected chi connectivity index (χ1v) is 4.84. The molecule has 1 heterocycles. The lowest BCUT2D eigenvalue weighted by Crippen LogP contribution is -2.43. The topological polar surface area (TPSA) is 3.24 Å². The van der Waals surface area contributed by atoms with E-state index in [1.54, 1.807) is 0 Å². The Hall–Kier alpha value is -0.460. The molecule has 1 saturated heterocycles.